The molecule has 1 N–H and O–H groups in total. The number of rotatable bonds is 3. The molecular weight excluding hydrogens is 309 g/mol. The molecule has 0 saturated carbocycles. The molecule has 1 aromatic carbocycles. The van der Waals surface area contributed by atoms with Crippen LogP contribution < -0.4 is 5.32 Å². The predicted octanol–water partition coefficient (Wildman–Crippen LogP) is 3.09. The minimum atomic E-state index is -4.52. The smallest absolute Gasteiger partial charge is 0.323 e. The van der Waals surface area contributed by atoms with Crippen molar-refractivity contribution in [1.82, 2.24) is 14.8 Å². The van der Waals surface area contributed by atoms with E-state index in [1.807, 2.05) is 24.3 Å². The van der Waals surface area contributed by atoms with Crippen molar-refractivity contribution in [1.29, 1.82) is 0 Å². The van der Waals surface area contributed by atoms with Gasteiger partial charge in [0.15, 0.2) is 5.69 Å². The minimum Gasteiger partial charge on any atom is -0.323 e. The highest BCUT2D eigenvalue weighted by Gasteiger charge is 2.33. The summed E-state index contributed by atoms with van der Waals surface area (Å²) >= 11 is 0. The van der Waals surface area contributed by atoms with Crippen LogP contribution in [0.5, 0.6) is 0 Å². The summed E-state index contributed by atoms with van der Waals surface area (Å²) < 4.78 is 38.3. The van der Waals surface area contributed by atoms with E-state index in [0.29, 0.717) is 5.69 Å². The van der Waals surface area contributed by atoms with Crippen LogP contribution in [0, 0.1) is 0 Å². The Labute approximate surface area is 128 Å². The summed E-state index contributed by atoms with van der Waals surface area (Å²) in [6.45, 7) is -0.317. The first kappa shape index (κ1) is 15.0. The van der Waals surface area contributed by atoms with E-state index in [9.17, 15) is 18.0 Å². The van der Waals surface area contributed by atoms with Crippen molar-refractivity contribution in [3.63, 3.8) is 0 Å². The van der Waals surface area contributed by atoms with Gasteiger partial charge in [0.25, 0.3) is 0 Å². The van der Waals surface area contributed by atoms with Crippen LogP contribution in [-0.2, 0) is 17.5 Å². The first-order valence-electron chi connectivity index (χ1n) is 6.67. The first-order chi connectivity index (χ1) is 10.9. The Hall–Kier alpha value is -2.90. The number of hydrogen-bond donors (Lipinski definition) is 1. The Morgan fingerprint density at radius 1 is 1.22 bits per heavy atom. The van der Waals surface area contributed by atoms with Gasteiger partial charge in [-0.3, -0.25) is 14.5 Å². The molecule has 0 radical (unpaired) electrons. The molecule has 2 heterocycles. The third-order valence-corrected chi connectivity index (χ3v) is 3.11. The summed E-state index contributed by atoms with van der Waals surface area (Å²) in [5, 5.41) is 6.77. The second-order valence-corrected chi connectivity index (χ2v) is 4.86. The van der Waals surface area contributed by atoms with Crippen LogP contribution in [0.4, 0.5) is 18.9 Å². The van der Waals surface area contributed by atoms with Gasteiger partial charge in [0.1, 0.15) is 6.54 Å². The molecule has 8 heteroatoms. The largest absolute Gasteiger partial charge is 0.435 e. The normalized spacial score (nSPS) is 11.6. The van der Waals surface area contributed by atoms with Crippen LogP contribution in [0.1, 0.15) is 5.69 Å². The van der Waals surface area contributed by atoms with Crippen LogP contribution in [0.15, 0.2) is 48.8 Å². The van der Waals surface area contributed by atoms with Gasteiger partial charge in [-0.15, -0.1) is 0 Å². The van der Waals surface area contributed by atoms with Crippen molar-refractivity contribution >= 4 is 22.5 Å². The zero-order valence-electron chi connectivity index (χ0n) is 11.7. The van der Waals surface area contributed by atoms with Gasteiger partial charge in [0.2, 0.25) is 5.91 Å². The maximum Gasteiger partial charge on any atom is 0.435 e. The zero-order valence-corrected chi connectivity index (χ0v) is 11.7. The van der Waals surface area contributed by atoms with Crippen molar-refractivity contribution < 1.29 is 18.0 Å². The molecule has 3 aromatic rings. The number of amides is 1. The van der Waals surface area contributed by atoms with E-state index >= 15 is 0 Å². The number of pyridine rings is 1. The van der Waals surface area contributed by atoms with Gasteiger partial charge in [-0.2, -0.15) is 18.3 Å². The highest BCUT2D eigenvalue weighted by Crippen LogP contribution is 2.27. The molecule has 3 rings (SSSR count). The standard InChI is InChI=1S/C15H11F3N4O/c16-15(17,18)13-5-6-22(21-13)9-14(23)20-11-7-10-3-1-2-4-12(10)19-8-11/h1-8H,9H2,(H,20,23). The average molecular weight is 320 g/mol. The number of anilines is 1. The summed E-state index contributed by atoms with van der Waals surface area (Å²) in [5.41, 5.74) is 0.224. The lowest BCUT2D eigenvalue weighted by atomic mass is 10.2. The molecule has 0 saturated heterocycles. The van der Waals surface area contributed by atoms with E-state index < -0.39 is 17.8 Å². The fourth-order valence-electron chi connectivity index (χ4n) is 2.09. The number of benzene rings is 1. The monoisotopic (exact) mass is 320 g/mol. The van der Waals surface area contributed by atoms with Gasteiger partial charge in [0, 0.05) is 11.6 Å². The summed E-state index contributed by atoms with van der Waals surface area (Å²) in [7, 11) is 0. The van der Waals surface area contributed by atoms with Crippen LogP contribution in [0.3, 0.4) is 0 Å². The third-order valence-electron chi connectivity index (χ3n) is 3.11. The Balaban J connectivity index is 1.69. The quantitative estimate of drug-likeness (QED) is 0.807. The number of fused-ring (bicyclic) bond motifs is 1. The molecule has 0 unspecified atom stereocenters. The predicted molar refractivity (Wildman–Crippen MR) is 77.6 cm³/mol. The topological polar surface area (TPSA) is 59.8 Å². The van der Waals surface area contributed by atoms with Gasteiger partial charge in [-0.25, -0.2) is 0 Å². The number of nitrogens with zero attached hydrogens (tertiary/aromatic N) is 3. The van der Waals surface area contributed by atoms with Crippen molar-refractivity contribution in [3.8, 4) is 0 Å². The van der Waals surface area contributed by atoms with E-state index in [0.717, 1.165) is 27.8 Å². The van der Waals surface area contributed by atoms with E-state index in [2.05, 4.69) is 15.4 Å². The van der Waals surface area contributed by atoms with E-state index in [-0.39, 0.29) is 6.54 Å². The Morgan fingerprint density at radius 2 is 2.00 bits per heavy atom. The molecule has 0 fully saturated rings. The molecule has 1 amide bonds. The number of alkyl halides is 3. The van der Waals surface area contributed by atoms with Crippen LogP contribution in [0.25, 0.3) is 10.9 Å². The first-order valence-corrected chi connectivity index (χ1v) is 6.67. The summed E-state index contributed by atoms with van der Waals surface area (Å²) in [6.07, 6.45) is -1.92. The Kier molecular flexibility index (Phi) is 3.73. The van der Waals surface area contributed by atoms with Crippen molar-refractivity contribution in [2.75, 3.05) is 5.32 Å². The fraction of sp³-hybridized carbons (Fsp3) is 0.133. The fourth-order valence-corrected chi connectivity index (χ4v) is 2.09. The molecule has 5 nitrogen and oxygen atoms in total. The number of para-hydroxylation sites is 1. The molecule has 0 atom stereocenters. The van der Waals surface area contributed by atoms with Gasteiger partial charge >= 0.3 is 6.18 Å². The molecule has 0 spiro atoms. The molecule has 2 aromatic heterocycles. The van der Waals surface area contributed by atoms with Crippen LogP contribution in [0.2, 0.25) is 0 Å². The number of carbonyl (C=O) groups is 1. The zero-order chi connectivity index (χ0) is 16.4. The lowest BCUT2D eigenvalue weighted by Crippen LogP contribution is -2.19. The minimum absolute atomic E-state index is 0.317. The summed E-state index contributed by atoms with van der Waals surface area (Å²) in [4.78, 5) is 16.1. The van der Waals surface area contributed by atoms with Gasteiger partial charge in [-0.05, 0) is 18.2 Å². The second kappa shape index (κ2) is 5.71. The Bertz CT molecular complexity index is 857. The van der Waals surface area contributed by atoms with Crippen LogP contribution >= 0.6 is 0 Å². The lowest BCUT2D eigenvalue weighted by molar-refractivity contribution is -0.141. The SMILES string of the molecule is O=C(Cn1ccc(C(F)(F)F)n1)Nc1cnc2ccccc2c1. The molecular formula is C15H11F3N4O. The molecule has 118 valence electrons. The van der Waals surface area contributed by atoms with Crippen molar-refractivity contribution in [3.05, 3.63) is 54.5 Å². The number of aromatic nitrogens is 3. The van der Waals surface area contributed by atoms with E-state index in [1.165, 1.54) is 6.20 Å². The number of carbonyl (C=O) groups excluding carboxylic acids is 1. The van der Waals surface area contributed by atoms with Crippen LogP contribution in [-0.4, -0.2) is 20.7 Å². The van der Waals surface area contributed by atoms with Crippen molar-refractivity contribution in [2.24, 2.45) is 0 Å². The highest BCUT2D eigenvalue weighted by atomic mass is 19.4. The second-order valence-electron chi connectivity index (χ2n) is 4.86. The highest BCUT2D eigenvalue weighted by molar-refractivity contribution is 5.92. The maximum absolute atomic E-state index is 12.4. The molecule has 23 heavy (non-hydrogen) atoms. The lowest BCUT2D eigenvalue weighted by Gasteiger charge is -2.06. The maximum atomic E-state index is 12.4. The number of nitrogens with one attached hydrogen (secondary N) is 1. The Morgan fingerprint density at radius 3 is 2.74 bits per heavy atom. The third kappa shape index (κ3) is 3.47. The molecule has 0 bridgehead atoms. The molecule has 0 aliphatic carbocycles. The van der Waals surface area contributed by atoms with Gasteiger partial charge in [0.05, 0.1) is 17.4 Å². The van der Waals surface area contributed by atoms with Crippen molar-refractivity contribution in [2.45, 2.75) is 12.7 Å². The molecule has 0 aliphatic heterocycles. The number of hydrogen-bond acceptors (Lipinski definition) is 3. The van der Waals surface area contributed by atoms with E-state index in [1.54, 1.807) is 6.07 Å². The number of halogens is 3. The van der Waals surface area contributed by atoms with E-state index in [4.69, 9.17) is 0 Å². The summed E-state index contributed by atoms with van der Waals surface area (Å²) in [6, 6.07) is 9.95. The van der Waals surface area contributed by atoms with Gasteiger partial charge in [-0.1, -0.05) is 18.2 Å². The summed E-state index contributed by atoms with van der Waals surface area (Å²) in [5.74, 6) is -0.487. The average Bonchev–Trinajstić information content (AvgIpc) is 2.95. The molecule has 0 aliphatic rings. The van der Waals surface area contributed by atoms with Gasteiger partial charge < -0.3 is 5.32 Å².